The summed E-state index contributed by atoms with van der Waals surface area (Å²) >= 11 is 0. The normalized spacial score (nSPS) is 14.2. The van der Waals surface area contributed by atoms with E-state index in [1.165, 1.54) is 0 Å². The van der Waals surface area contributed by atoms with Crippen molar-refractivity contribution in [1.29, 1.82) is 0 Å². The topological polar surface area (TPSA) is 69.2 Å². The third-order valence-electron chi connectivity index (χ3n) is 3.44. The standard InChI is InChI=1S/C14H22N2O2/c1-3-5-10-14(15,4-2)11-12-6-8-13(9-7-12)16(17)18/h6-9H,3-5,10-11,15H2,1-2H3. The van der Waals surface area contributed by atoms with Gasteiger partial charge in [0.25, 0.3) is 5.69 Å². The number of benzene rings is 1. The Kier molecular flexibility index (Phi) is 5.28. The van der Waals surface area contributed by atoms with E-state index < -0.39 is 0 Å². The second-order valence-corrected chi connectivity index (χ2v) is 4.92. The van der Waals surface area contributed by atoms with E-state index in [0.717, 1.165) is 37.7 Å². The van der Waals surface area contributed by atoms with Crippen LogP contribution in [0.5, 0.6) is 0 Å². The smallest absolute Gasteiger partial charge is 0.269 e. The molecule has 0 aromatic heterocycles. The van der Waals surface area contributed by atoms with Crippen molar-refractivity contribution in [3.8, 4) is 0 Å². The van der Waals surface area contributed by atoms with Crippen molar-refractivity contribution >= 4 is 5.69 Å². The van der Waals surface area contributed by atoms with Crippen LogP contribution in [0.25, 0.3) is 0 Å². The molecule has 0 bridgehead atoms. The van der Waals surface area contributed by atoms with Crippen LogP contribution in [0, 0.1) is 10.1 Å². The summed E-state index contributed by atoms with van der Waals surface area (Å²) in [5.74, 6) is 0. The highest BCUT2D eigenvalue weighted by Gasteiger charge is 2.22. The van der Waals surface area contributed by atoms with Crippen LogP contribution in [0.2, 0.25) is 0 Å². The Morgan fingerprint density at radius 3 is 2.33 bits per heavy atom. The largest absolute Gasteiger partial charge is 0.325 e. The molecule has 0 heterocycles. The zero-order valence-electron chi connectivity index (χ0n) is 11.2. The van der Waals surface area contributed by atoms with Crippen molar-refractivity contribution in [3.05, 3.63) is 39.9 Å². The molecule has 4 heteroatoms. The maximum absolute atomic E-state index is 10.6. The van der Waals surface area contributed by atoms with Gasteiger partial charge in [0.1, 0.15) is 0 Å². The molecule has 1 atom stereocenters. The maximum atomic E-state index is 10.6. The highest BCUT2D eigenvalue weighted by molar-refractivity contribution is 5.33. The van der Waals surface area contributed by atoms with Crippen molar-refractivity contribution in [1.82, 2.24) is 0 Å². The van der Waals surface area contributed by atoms with E-state index >= 15 is 0 Å². The SMILES string of the molecule is CCCCC(N)(CC)Cc1ccc([N+](=O)[O-])cc1. The van der Waals surface area contributed by atoms with E-state index in [9.17, 15) is 10.1 Å². The van der Waals surface area contributed by atoms with Crippen LogP contribution in [0.3, 0.4) is 0 Å². The van der Waals surface area contributed by atoms with E-state index in [1.807, 2.05) is 0 Å². The van der Waals surface area contributed by atoms with Gasteiger partial charge in [-0.2, -0.15) is 0 Å². The van der Waals surface area contributed by atoms with Crippen molar-refractivity contribution in [2.24, 2.45) is 5.73 Å². The lowest BCUT2D eigenvalue weighted by atomic mass is 9.84. The number of hydrogen-bond acceptors (Lipinski definition) is 3. The molecule has 0 amide bonds. The molecule has 100 valence electrons. The molecule has 1 aromatic rings. The lowest BCUT2D eigenvalue weighted by molar-refractivity contribution is -0.384. The zero-order chi connectivity index (χ0) is 13.6. The molecule has 0 aliphatic carbocycles. The first-order valence-corrected chi connectivity index (χ1v) is 6.53. The lowest BCUT2D eigenvalue weighted by Crippen LogP contribution is -2.41. The van der Waals surface area contributed by atoms with Gasteiger partial charge in [-0.25, -0.2) is 0 Å². The van der Waals surface area contributed by atoms with Gasteiger partial charge in [0.2, 0.25) is 0 Å². The van der Waals surface area contributed by atoms with Crippen molar-refractivity contribution in [2.45, 2.75) is 51.5 Å². The molecular formula is C14H22N2O2. The first-order chi connectivity index (χ1) is 8.50. The van der Waals surface area contributed by atoms with Crippen LogP contribution in [0.1, 0.15) is 45.1 Å². The Balaban J connectivity index is 2.72. The molecule has 0 spiro atoms. The van der Waals surface area contributed by atoms with Gasteiger partial charge in [0.15, 0.2) is 0 Å². The molecule has 0 aliphatic heterocycles. The number of nitrogens with two attached hydrogens (primary N) is 1. The first-order valence-electron chi connectivity index (χ1n) is 6.53. The van der Waals surface area contributed by atoms with Crippen molar-refractivity contribution in [3.63, 3.8) is 0 Å². The van der Waals surface area contributed by atoms with Crippen LogP contribution in [0.4, 0.5) is 5.69 Å². The van der Waals surface area contributed by atoms with E-state index in [4.69, 9.17) is 5.73 Å². The zero-order valence-corrected chi connectivity index (χ0v) is 11.2. The number of hydrogen-bond donors (Lipinski definition) is 1. The molecule has 0 radical (unpaired) electrons. The van der Waals surface area contributed by atoms with E-state index in [1.54, 1.807) is 24.3 Å². The minimum absolute atomic E-state index is 0.131. The lowest BCUT2D eigenvalue weighted by Gasteiger charge is -2.28. The monoisotopic (exact) mass is 250 g/mol. The molecule has 0 saturated heterocycles. The molecule has 1 aromatic carbocycles. The summed E-state index contributed by atoms with van der Waals surface area (Å²) in [5, 5.41) is 10.6. The third kappa shape index (κ3) is 4.11. The molecular weight excluding hydrogens is 228 g/mol. The summed E-state index contributed by atoms with van der Waals surface area (Å²) in [5.41, 5.74) is 7.39. The van der Waals surface area contributed by atoms with E-state index in [-0.39, 0.29) is 16.1 Å². The summed E-state index contributed by atoms with van der Waals surface area (Å²) < 4.78 is 0. The Morgan fingerprint density at radius 2 is 1.89 bits per heavy atom. The van der Waals surface area contributed by atoms with E-state index in [2.05, 4.69) is 13.8 Å². The number of unbranched alkanes of at least 4 members (excludes halogenated alkanes) is 1. The number of nitro benzene ring substituents is 1. The average Bonchev–Trinajstić information content (AvgIpc) is 2.37. The first kappa shape index (κ1) is 14.6. The molecule has 0 saturated carbocycles. The van der Waals surface area contributed by atoms with Gasteiger partial charge in [-0.15, -0.1) is 0 Å². The summed E-state index contributed by atoms with van der Waals surface area (Å²) in [6.45, 7) is 4.25. The van der Waals surface area contributed by atoms with Gasteiger partial charge in [-0.3, -0.25) is 10.1 Å². The number of non-ortho nitro benzene ring substituents is 1. The molecule has 1 rings (SSSR count). The highest BCUT2D eigenvalue weighted by Crippen LogP contribution is 2.22. The Hall–Kier alpha value is -1.42. The van der Waals surface area contributed by atoms with Crippen molar-refractivity contribution in [2.75, 3.05) is 0 Å². The minimum Gasteiger partial charge on any atom is -0.325 e. The molecule has 4 nitrogen and oxygen atoms in total. The van der Waals surface area contributed by atoms with Crippen LogP contribution in [-0.2, 0) is 6.42 Å². The summed E-state index contributed by atoms with van der Waals surface area (Å²) in [6, 6.07) is 6.71. The number of rotatable bonds is 7. The van der Waals surface area contributed by atoms with Crippen LogP contribution < -0.4 is 5.73 Å². The summed E-state index contributed by atoms with van der Waals surface area (Å²) in [7, 11) is 0. The van der Waals surface area contributed by atoms with E-state index in [0.29, 0.717) is 0 Å². The molecule has 0 aliphatic rings. The van der Waals surface area contributed by atoms with Crippen LogP contribution in [0.15, 0.2) is 24.3 Å². The third-order valence-corrected chi connectivity index (χ3v) is 3.44. The van der Waals surface area contributed by atoms with Crippen LogP contribution in [-0.4, -0.2) is 10.5 Å². The fourth-order valence-corrected chi connectivity index (χ4v) is 2.06. The quantitative estimate of drug-likeness (QED) is 0.595. The number of nitro groups is 1. The summed E-state index contributed by atoms with van der Waals surface area (Å²) in [6.07, 6.45) is 4.96. The second kappa shape index (κ2) is 6.50. The number of nitrogens with zero attached hydrogens (tertiary/aromatic N) is 1. The Bertz CT molecular complexity index is 389. The van der Waals surface area contributed by atoms with Crippen molar-refractivity contribution < 1.29 is 4.92 Å². The van der Waals surface area contributed by atoms with Gasteiger partial charge in [0, 0.05) is 17.7 Å². The molecule has 0 fully saturated rings. The maximum Gasteiger partial charge on any atom is 0.269 e. The molecule has 1 unspecified atom stereocenters. The minimum atomic E-state index is -0.379. The van der Waals surface area contributed by atoms with Gasteiger partial charge in [-0.05, 0) is 24.8 Å². The van der Waals surface area contributed by atoms with Crippen LogP contribution >= 0.6 is 0 Å². The fraction of sp³-hybridized carbons (Fsp3) is 0.571. The molecule has 2 N–H and O–H groups in total. The predicted octanol–water partition coefficient (Wildman–Crippen LogP) is 3.44. The second-order valence-electron chi connectivity index (χ2n) is 4.92. The van der Waals surface area contributed by atoms with Gasteiger partial charge < -0.3 is 5.73 Å². The molecule has 18 heavy (non-hydrogen) atoms. The Labute approximate surface area is 108 Å². The Morgan fingerprint density at radius 1 is 1.28 bits per heavy atom. The fourth-order valence-electron chi connectivity index (χ4n) is 2.06. The van der Waals surface area contributed by atoms with Gasteiger partial charge in [0.05, 0.1) is 4.92 Å². The predicted molar refractivity (Wildman–Crippen MR) is 73.5 cm³/mol. The average molecular weight is 250 g/mol. The van der Waals surface area contributed by atoms with Gasteiger partial charge >= 0.3 is 0 Å². The highest BCUT2D eigenvalue weighted by atomic mass is 16.6. The summed E-state index contributed by atoms with van der Waals surface area (Å²) in [4.78, 5) is 10.2. The van der Waals surface area contributed by atoms with Gasteiger partial charge in [-0.1, -0.05) is 38.8 Å².